The second-order valence-electron chi connectivity index (χ2n) is 3.21. The van der Waals surface area contributed by atoms with Crippen LogP contribution in [0, 0.1) is 20.2 Å². The van der Waals surface area contributed by atoms with Gasteiger partial charge in [-0.1, -0.05) is 18.2 Å². The van der Waals surface area contributed by atoms with Crippen LogP contribution in [0.15, 0.2) is 30.3 Å². The number of nitrogens with zero attached hydrogens (tertiary/aromatic N) is 4. The van der Waals surface area contributed by atoms with E-state index in [-0.39, 0.29) is 12.2 Å². The van der Waals surface area contributed by atoms with E-state index in [0.29, 0.717) is 4.31 Å². The third-order valence-corrected chi connectivity index (χ3v) is 3.80. The van der Waals surface area contributed by atoms with Crippen molar-refractivity contribution in [2.24, 2.45) is 0 Å². The van der Waals surface area contributed by atoms with E-state index in [4.69, 9.17) is 0 Å². The minimum atomic E-state index is -4.90. The van der Waals surface area contributed by atoms with Crippen LogP contribution in [-0.4, -0.2) is 29.6 Å². The van der Waals surface area contributed by atoms with Crippen molar-refractivity contribution in [1.82, 2.24) is 4.52 Å². The van der Waals surface area contributed by atoms with Crippen molar-refractivity contribution in [2.75, 3.05) is 10.8 Å². The van der Waals surface area contributed by atoms with Gasteiger partial charge in [-0.3, -0.25) is 0 Å². The molecule has 0 aliphatic heterocycles. The molecule has 19 heavy (non-hydrogen) atoms. The zero-order chi connectivity index (χ0) is 14.6. The Morgan fingerprint density at radius 3 is 1.95 bits per heavy atom. The number of hydrogen-bond acceptors (Lipinski definition) is 6. The number of hydrogen-bond donors (Lipinski definition) is 0. The number of hydrazine groups is 2. The second kappa shape index (κ2) is 5.48. The largest absolute Gasteiger partial charge is 0.441 e. The van der Waals surface area contributed by atoms with Crippen LogP contribution >= 0.6 is 0 Å². The summed E-state index contributed by atoms with van der Waals surface area (Å²) in [6, 6.07) is 7.38. The maximum atomic E-state index is 11.9. The number of para-hydroxylation sites is 1. The molecule has 10 nitrogen and oxygen atoms in total. The number of rotatable bonds is 6. The number of anilines is 1. The number of nitro groups is 2. The molecule has 11 heteroatoms. The molecule has 0 aliphatic carbocycles. The van der Waals surface area contributed by atoms with E-state index in [1.807, 2.05) is 0 Å². The van der Waals surface area contributed by atoms with Gasteiger partial charge in [0.25, 0.3) is 0 Å². The molecule has 0 atom stereocenters. The predicted octanol–water partition coefficient (Wildman–Crippen LogP) is 0.443. The summed E-state index contributed by atoms with van der Waals surface area (Å²) >= 11 is 0. The topological polar surface area (TPSA) is 127 Å². The highest BCUT2D eigenvalue weighted by Gasteiger charge is 2.47. The summed E-state index contributed by atoms with van der Waals surface area (Å²) in [4.78, 5) is 21.0. The molecule has 0 bridgehead atoms. The van der Waals surface area contributed by atoms with Crippen LogP contribution in [-0.2, 0) is 10.2 Å². The van der Waals surface area contributed by atoms with E-state index in [9.17, 15) is 28.6 Å². The van der Waals surface area contributed by atoms with Gasteiger partial charge in [0.2, 0.25) is 10.1 Å². The fourth-order valence-corrected chi connectivity index (χ4v) is 2.62. The van der Waals surface area contributed by atoms with Crippen molar-refractivity contribution in [3.05, 3.63) is 50.6 Å². The minimum absolute atomic E-state index is 0.0960. The lowest BCUT2D eigenvalue weighted by molar-refractivity contribution is -0.870. The third kappa shape index (κ3) is 2.88. The van der Waals surface area contributed by atoms with Crippen LogP contribution in [0.25, 0.3) is 0 Å². The Bertz CT molecular complexity index is 560. The first-order valence-corrected chi connectivity index (χ1v) is 6.38. The maximum absolute atomic E-state index is 11.9. The molecule has 0 saturated heterocycles. The van der Waals surface area contributed by atoms with Gasteiger partial charge in [-0.2, -0.15) is 8.42 Å². The van der Waals surface area contributed by atoms with Gasteiger partial charge in [-0.15, -0.1) is 0 Å². The lowest BCUT2D eigenvalue weighted by atomic mass is 10.3. The first-order valence-electron chi connectivity index (χ1n) is 4.99. The van der Waals surface area contributed by atoms with Crippen molar-refractivity contribution in [3.63, 3.8) is 0 Å². The van der Waals surface area contributed by atoms with Crippen LogP contribution < -0.4 is 4.31 Å². The van der Waals surface area contributed by atoms with Gasteiger partial charge in [0.05, 0.1) is 5.69 Å². The van der Waals surface area contributed by atoms with Gasteiger partial charge in [0.15, 0.2) is 0 Å². The summed E-state index contributed by atoms with van der Waals surface area (Å²) in [7, 11) is -4.90. The first kappa shape index (κ1) is 14.6. The van der Waals surface area contributed by atoms with Gasteiger partial charge in [0, 0.05) is 6.54 Å². The average Bonchev–Trinajstić information content (AvgIpc) is 2.28. The fraction of sp³-hybridized carbons (Fsp3) is 0.250. The SMILES string of the molecule is CCN(c1ccccc1)S(=O)(=O)N([N+](=O)[O-])[N+](=O)[O-]. The van der Waals surface area contributed by atoms with E-state index >= 15 is 0 Å². The highest BCUT2D eigenvalue weighted by Crippen LogP contribution is 2.19. The molecule has 0 heterocycles. The van der Waals surface area contributed by atoms with E-state index in [0.717, 1.165) is 0 Å². The normalized spacial score (nSPS) is 10.8. The number of benzene rings is 1. The summed E-state index contributed by atoms with van der Waals surface area (Å²) in [5, 5.41) is 17.9. The monoisotopic (exact) mass is 290 g/mol. The fourth-order valence-electron chi connectivity index (χ4n) is 1.39. The van der Waals surface area contributed by atoms with Gasteiger partial charge in [-0.25, -0.2) is 24.5 Å². The molecular formula is C8H10N4O6S. The lowest BCUT2D eigenvalue weighted by Gasteiger charge is -2.20. The Kier molecular flexibility index (Phi) is 4.22. The Balaban J connectivity index is 3.30. The Labute approximate surface area is 108 Å². The molecule has 0 spiro atoms. The van der Waals surface area contributed by atoms with Crippen LogP contribution in [0.1, 0.15) is 6.92 Å². The standard InChI is InChI=1S/C8H10N4O6S/c1-2-9(8-6-4-3-5-7-8)19(17,18)10(11(13)14)12(15)16/h3-7H,2H2,1H3. The molecule has 104 valence electrons. The van der Waals surface area contributed by atoms with Gasteiger partial charge in [0.1, 0.15) is 0 Å². The van der Waals surface area contributed by atoms with E-state index in [2.05, 4.69) is 0 Å². The Hall–Kier alpha value is -2.43. The molecular weight excluding hydrogens is 280 g/mol. The second-order valence-corrected chi connectivity index (χ2v) is 4.87. The van der Waals surface area contributed by atoms with Crippen molar-refractivity contribution < 1.29 is 18.5 Å². The quantitative estimate of drug-likeness (QED) is 0.552. The summed E-state index contributed by atoms with van der Waals surface area (Å²) in [5.74, 6) is 0. The van der Waals surface area contributed by atoms with E-state index in [1.165, 1.54) is 31.2 Å². The predicted molar refractivity (Wildman–Crippen MR) is 64.2 cm³/mol. The molecule has 0 amide bonds. The zero-order valence-electron chi connectivity index (χ0n) is 9.74. The van der Waals surface area contributed by atoms with E-state index < -0.39 is 24.8 Å². The molecule has 0 radical (unpaired) electrons. The Morgan fingerprint density at radius 2 is 1.58 bits per heavy atom. The summed E-state index contributed by atoms with van der Waals surface area (Å²) in [6.45, 7) is 1.22. The first-order chi connectivity index (χ1) is 8.82. The van der Waals surface area contributed by atoms with Gasteiger partial charge in [-0.05, 0) is 19.1 Å². The molecule has 1 aromatic rings. The Morgan fingerprint density at radius 1 is 1.11 bits per heavy atom. The van der Waals surface area contributed by atoms with Crippen molar-refractivity contribution in [3.8, 4) is 0 Å². The lowest BCUT2D eigenvalue weighted by Crippen LogP contribution is -2.49. The molecule has 1 aromatic carbocycles. The highest BCUT2D eigenvalue weighted by atomic mass is 32.2. The molecule has 0 fully saturated rings. The van der Waals surface area contributed by atoms with Crippen molar-refractivity contribution >= 4 is 15.9 Å². The van der Waals surface area contributed by atoms with Gasteiger partial charge < -0.3 is 0 Å². The van der Waals surface area contributed by atoms with E-state index in [1.54, 1.807) is 6.07 Å². The summed E-state index contributed by atoms with van der Waals surface area (Å²) in [6.07, 6.45) is 0. The van der Waals surface area contributed by atoms with Crippen molar-refractivity contribution in [2.45, 2.75) is 6.92 Å². The molecule has 0 unspecified atom stereocenters. The smallest absolute Gasteiger partial charge is 0.245 e. The third-order valence-electron chi connectivity index (χ3n) is 2.10. The highest BCUT2D eigenvalue weighted by molar-refractivity contribution is 7.90. The maximum Gasteiger partial charge on any atom is 0.441 e. The van der Waals surface area contributed by atoms with Crippen LogP contribution in [0.4, 0.5) is 5.69 Å². The summed E-state index contributed by atoms with van der Waals surface area (Å²) < 4.78 is 23.4. The van der Waals surface area contributed by atoms with Gasteiger partial charge >= 0.3 is 14.7 Å². The molecule has 0 saturated carbocycles. The minimum Gasteiger partial charge on any atom is -0.245 e. The molecule has 0 N–H and O–H groups in total. The zero-order valence-corrected chi connectivity index (χ0v) is 10.6. The van der Waals surface area contributed by atoms with Crippen LogP contribution in [0.3, 0.4) is 0 Å². The summed E-state index contributed by atoms with van der Waals surface area (Å²) in [5.41, 5.74) is 0.0960. The van der Waals surface area contributed by atoms with Crippen LogP contribution in [0.5, 0.6) is 0 Å². The molecule has 0 aromatic heterocycles. The molecule has 0 aliphatic rings. The average molecular weight is 290 g/mol. The van der Waals surface area contributed by atoms with Crippen LogP contribution in [0.2, 0.25) is 0 Å². The molecule has 1 rings (SSSR count). The van der Waals surface area contributed by atoms with Crippen molar-refractivity contribution in [1.29, 1.82) is 0 Å².